The molecule has 0 aliphatic heterocycles. The Kier molecular flexibility index (Phi) is 12.3. The fourth-order valence-electron chi connectivity index (χ4n) is 2.53. The second kappa shape index (κ2) is 14.1. The van der Waals surface area contributed by atoms with Crippen LogP contribution in [-0.4, -0.2) is 38.8 Å². The number of nitrogens with zero attached hydrogens (tertiary/aromatic N) is 1. The van der Waals surface area contributed by atoms with Crippen LogP contribution in [0.25, 0.3) is 0 Å². The summed E-state index contributed by atoms with van der Waals surface area (Å²) in [7, 11) is 1.61. The molecule has 2 aromatic rings. The molecule has 0 spiro atoms. The molecule has 32 heavy (non-hydrogen) atoms. The van der Waals surface area contributed by atoms with Gasteiger partial charge in [-0.15, -0.1) is 24.0 Å². The molecule has 0 aliphatic carbocycles. The fourth-order valence-corrected chi connectivity index (χ4v) is 2.53. The number of benzene rings is 2. The topological polar surface area (TPSA) is 54.9 Å². The van der Waals surface area contributed by atoms with Crippen LogP contribution in [0.5, 0.6) is 5.75 Å². The third-order valence-corrected chi connectivity index (χ3v) is 3.98. The first kappa shape index (κ1) is 27.9. The quantitative estimate of drug-likeness (QED) is 0.184. The largest absolute Gasteiger partial charge is 0.488 e. The predicted molar refractivity (Wildman–Crippen MR) is 123 cm³/mol. The van der Waals surface area contributed by atoms with Crippen LogP contribution >= 0.6 is 24.0 Å². The molecule has 0 saturated heterocycles. The maximum absolute atomic E-state index is 12.3. The van der Waals surface area contributed by atoms with Gasteiger partial charge in [-0.3, -0.25) is 4.99 Å². The first-order valence-corrected chi connectivity index (χ1v) is 9.42. The zero-order valence-electron chi connectivity index (χ0n) is 17.3. The van der Waals surface area contributed by atoms with Crippen LogP contribution in [0.4, 0.5) is 22.0 Å². The van der Waals surface area contributed by atoms with Crippen molar-refractivity contribution in [2.75, 3.05) is 20.3 Å². The third-order valence-electron chi connectivity index (χ3n) is 3.98. The smallest absolute Gasteiger partial charge is 0.411 e. The molecule has 5 nitrogen and oxygen atoms in total. The van der Waals surface area contributed by atoms with Crippen molar-refractivity contribution in [3.05, 3.63) is 65.2 Å². The molecule has 0 unspecified atom stereocenters. The van der Waals surface area contributed by atoms with Crippen LogP contribution in [0.15, 0.2) is 53.5 Å². The minimum atomic E-state index is -4.34. The molecule has 2 aromatic carbocycles. The van der Waals surface area contributed by atoms with Crippen LogP contribution < -0.4 is 15.4 Å². The van der Waals surface area contributed by atoms with E-state index in [1.54, 1.807) is 49.5 Å². The molecule has 178 valence electrons. The van der Waals surface area contributed by atoms with Crippen LogP contribution in [0.1, 0.15) is 16.7 Å². The highest BCUT2D eigenvalue weighted by atomic mass is 127. The molecule has 11 heteroatoms. The number of nitrogens with one attached hydrogen (secondary N) is 2. The standard InChI is InChI=1S/C21H24F5N3O2.HI/c1-27-20(29-11-17-3-2-4-18(9-17)31-13-19(22)23)28-10-15-5-7-16(8-6-15)12-30-14-21(24,25)26;/h2-9,19H,10-14H2,1H3,(H2,27,28,29);1H. The molecule has 0 saturated carbocycles. The first-order valence-electron chi connectivity index (χ1n) is 9.42. The summed E-state index contributed by atoms with van der Waals surface area (Å²) in [6.45, 7) is -1.20. The van der Waals surface area contributed by atoms with Gasteiger partial charge in [-0.05, 0) is 28.8 Å². The van der Waals surface area contributed by atoms with Crippen molar-refractivity contribution in [2.45, 2.75) is 32.3 Å². The Morgan fingerprint density at radius 1 is 0.969 bits per heavy atom. The number of aliphatic imine (C=N–C) groups is 1. The fraction of sp³-hybridized carbons (Fsp3) is 0.381. The van der Waals surface area contributed by atoms with Crippen LogP contribution in [0.3, 0.4) is 0 Å². The number of guanidine groups is 1. The highest BCUT2D eigenvalue weighted by molar-refractivity contribution is 14.0. The molecule has 2 N–H and O–H groups in total. The Morgan fingerprint density at radius 2 is 1.59 bits per heavy atom. The minimum absolute atomic E-state index is 0. The Morgan fingerprint density at radius 3 is 2.19 bits per heavy atom. The summed E-state index contributed by atoms with van der Waals surface area (Å²) < 4.78 is 70.5. The van der Waals surface area contributed by atoms with Gasteiger partial charge in [0.2, 0.25) is 0 Å². The van der Waals surface area contributed by atoms with Crippen molar-refractivity contribution in [2.24, 2.45) is 4.99 Å². The molecule has 0 radical (unpaired) electrons. The van der Waals surface area contributed by atoms with E-state index < -0.39 is 25.8 Å². The molecule has 2 rings (SSSR count). The van der Waals surface area contributed by atoms with Gasteiger partial charge in [0.25, 0.3) is 6.43 Å². The monoisotopic (exact) mass is 573 g/mol. The predicted octanol–water partition coefficient (Wildman–Crippen LogP) is 4.89. The van der Waals surface area contributed by atoms with Gasteiger partial charge in [-0.25, -0.2) is 8.78 Å². The Hall–Kier alpha value is -2.15. The highest BCUT2D eigenvalue weighted by Gasteiger charge is 2.27. The van der Waals surface area contributed by atoms with E-state index >= 15 is 0 Å². The number of hydrogen-bond donors (Lipinski definition) is 2. The molecule has 0 aromatic heterocycles. The van der Waals surface area contributed by atoms with Gasteiger partial charge in [0.15, 0.2) is 5.96 Å². The molecule has 0 bridgehead atoms. The van der Waals surface area contributed by atoms with Gasteiger partial charge in [-0.2, -0.15) is 13.2 Å². The second-order valence-corrected chi connectivity index (χ2v) is 6.55. The van der Waals surface area contributed by atoms with Crippen molar-refractivity contribution < 1.29 is 31.4 Å². The molecule has 0 atom stereocenters. The van der Waals surface area contributed by atoms with Crippen LogP contribution in [0, 0.1) is 0 Å². The van der Waals surface area contributed by atoms with Crippen LogP contribution in [-0.2, 0) is 24.4 Å². The van der Waals surface area contributed by atoms with Gasteiger partial charge in [-0.1, -0.05) is 36.4 Å². The van der Waals surface area contributed by atoms with E-state index in [9.17, 15) is 22.0 Å². The van der Waals surface area contributed by atoms with Crippen molar-refractivity contribution in [1.29, 1.82) is 0 Å². The first-order chi connectivity index (χ1) is 14.7. The third kappa shape index (κ3) is 11.5. The van der Waals surface area contributed by atoms with E-state index in [1.165, 1.54) is 0 Å². The van der Waals surface area contributed by atoms with E-state index in [0.717, 1.165) is 11.1 Å². The van der Waals surface area contributed by atoms with Gasteiger partial charge in [0.1, 0.15) is 19.0 Å². The maximum atomic E-state index is 12.3. The molecule has 0 aliphatic rings. The van der Waals surface area contributed by atoms with Crippen molar-refractivity contribution in [3.8, 4) is 5.75 Å². The Bertz CT molecular complexity index is 833. The number of hydrogen-bond acceptors (Lipinski definition) is 3. The Labute approximate surface area is 200 Å². The van der Waals surface area contributed by atoms with Gasteiger partial charge >= 0.3 is 6.18 Å². The molecule has 0 heterocycles. The molecule has 0 fully saturated rings. The maximum Gasteiger partial charge on any atom is 0.411 e. The molecular weight excluding hydrogens is 548 g/mol. The summed E-state index contributed by atoms with van der Waals surface area (Å²) in [5, 5.41) is 6.23. The normalized spacial score (nSPS) is 11.8. The van der Waals surface area contributed by atoms with E-state index in [-0.39, 0.29) is 30.6 Å². The number of alkyl halides is 5. The van der Waals surface area contributed by atoms with E-state index in [0.29, 0.717) is 30.4 Å². The SMILES string of the molecule is CN=C(NCc1ccc(COCC(F)(F)F)cc1)NCc1cccc(OCC(F)F)c1.I. The summed E-state index contributed by atoms with van der Waals surface area (Å²) >= 11 is 0. The zero-order valence-corrected chi connectivity index (χ0v) is 19.6. The summed E-state index contributed by atoms with van der Waals surface area (Å²) in [6.07, 6.45) is -6.88. The minimum Gasteiger partial charge on any atom is -0.488 e. The second-order valence-electron chi connectivity index (χ2n) is 6.55. The number of halogens is 6. The lowest BCUT2D eigenvalue weighted by atomic mass is 10.1. The zero-order chi connectivity index (χ0) is 22.7. The average Bonchev–Trinajstić information content (AvgIpc) is 2.73. The Balaban J connectivity index is 0.00000512. The van der Waals surface area contributed by atoms with Crippen LogP contribution in [0.2, 0.25) is 0 Å². The number of ether oxygens (including phenoxy) is 2. The van der Waals surface area contributed by atoms with Crippen molar-refractivity contribution in [3.63, 3.8) is 0 Å². The van der Waals surface area contributed by atoms with E-state index in [1.807, 2.05) is 6.07 Å². The van der Waals surface area contributed by atoms with Gasteiger partial charge in [0, 0.05) is 20.1 Å². The van der Waals surface area contributed by atoms with E-state index in [2.05, 4.69) is 20.4 Å². The summed E-state index contributed by atoms with van der Waals surface area (Å²) in [4.78, 5) is 4.12. The van der Waals surface area contributed by atoms with Crippen molar-refractivity contribution >= 4 is 29.9 Å². The van der Waals surface area contributed by atoms with E-state index in [4.69, 9.17) is 4.74 Å². The van der Waals surface area contributed by atoms with Crippen molar-refractivity contribution in [1.82, 2.24) is 10.6 Å². The summed E-state index contributed by atoms with van der Waals surface area (Å²) in [5.41, 5.74) is 2.38. The molecule has 0 amide bonds. The average molecular weight is 573 g/mol. The lowest BCUT2D eigenvalue weighted by Crippen LogP contribution is -2.36. The molecular formula is C21H25F5IN3O2. The van der Waals surface area contributed by atoms with Gasteiger partial charge < -0.3 is 20.1 Å². The highest BCUT2D eigenvalue weighted by Crippen LogP contribution is 2.16. The lowest BCUT2D eigenvalue weighted by molar-refractivity contribution is -0.176. The summed E-state index contributed by atoms with van der Waals surface area (Å²) in [5.74, 6) is 0.887. The lowest BCUT2D eigenvalue weighted by Gasteiger charge is -2.13. The number of rotatable bonds is 10. The summed E-state index contributed by atoms with van der Waals surface area (Å²) in [6, 6.07) is 13.8. The van der Waals surface area contributed by atoms with Gasteiger partial charge in [0.05, 0.1) is 6.61 Å².